The predicted octanol–water partition coefficient (Wildman–Crippen LogP) is 1.12. The maximum Gasteiger partial charge on any atom is 0.0538 e. The second kappa shape index (κ2) is 6.52. The molecule has 1 heterocycles. The number of likely N-dealkylation sites (N-methyl/N-ethyl adjacent to an activating group) is 1. The minimum absolute atomic E-state index is 1.04. The fraction of sp³-hybridized carbons (Fsp3) is 0.500. The van der Waals surface area contributed by atoms with Crippen LogP contribution in [0, 0.1) is 0 Å². The zero-order chi connectivity index (χ0) is 12.8. The minimum atomic E-state index is 1.04. The van der Waals surface area contributed by atoms with Crippen molar-refractivity contribution in [2.24, 2.45) is 10.9 Å². The Hall–Kier alpha value is -1.39. The molecule has 18 heavy (non-hydrogen) atoms. The normalized spacial score (nSPS) is 18.5. The van der Waals surface area contributed by atoms with Crippen LogP contribution in [-0.2, 0) is 6.54 Å². The zero-order valence-corrected chi connectivity index (χ0v) is 11.0. The molecule has 2 rings (SSSR count). The molecule has 0 atom stereocenters. The van der Waals surface area contributed by atoms with Gasteiger partial charge in [-0.2, -0.15) is 5.10 Å². The Labute approximate surface area is 109 Å². The Balaban J connectivity index is 1.86. The second-order valence-electron chi connectivity index (χ2n) is 4.73. The largest absolute Gasteiger partial charge is 0.323 e. The second-order valence-corrected chi connectivity index (χ2v) is 4.73. The molecule has 0 amide bonds. The molecule has 0 spiro atoms. The van der Waals surface area contributed by atoms with Gasteiger partial charge in [-0.05, 0) is 17.7 Å². The first-order chi connectivity index (χ1) is 8.81. The molecule has 4 heteroatoms. The molecule has 0 saturated carbocycles. The van der Waals surface area contributed by atoms with Gasteiger partial charge in [0, 0.05) is 32.7 Å². The van der Waals surface area contributed by atoms with Crippen LogP contribution in [0.3, 0.4) is 0 Å². The van der Waals surface area contributed by atoms with Crippen molar-refractivity contribution in [1.29, 1.82) is 0 Å². The van der Waals surface area contributed by atoms with E-state index >= 15 is 0 Å². The fourth-order valence-corrected chi connectivity index (χ4v) is 2.32. The fourth-order valence-electron chi connectivity index (χ4n) is 2.32. The van der Waals surface area contributed by atoms with E-state index in [4.69, 9.17) is 5.84 Å². The lowest BCUT2D eigenvalue weighted by atomic mass is 10.1. The van der Waals surface area contributed by atoms with Crippen molar-refractivity contribution in [2.45, 2.75) is 13.5 Å². The maximum absolute atomic E-state index is 5.13. The Kier molecular flexibility index (Phi) is 4.73. The standard InChI is InChI=1S/C14H22N4/c1-2-17-7-9-18(10-8-17)12-14-5-3-13(4-6-14)11-16-15/h3-6,11H,2,7-10,12,15H2,1H3. The number of hydrogen-bond acceptors (Lipinski definition) is 4. The minimum Gasteiger partial charge on any atom is -0.323 e. The van der Waals surface area contributed by atoms with Crippen LogP contribution in [0.4, 0.5) is 0 Å². The molecule has 0 radical (unpaired) electrons. The van der Waals surface area contributed by atoms with Gasteiger partial charge in [-0.25, -0.2) is 0 Å². The summed E-state index contributed by atoms with van der Waals surface area (Å²) >= 11 is 0. The number of hydrogen-bond donors (Lipinski definition) is 1. The van der Waals surface area contributed by atoms with E-state index in [0.29, 0.717) is 0 Å². The van der Waals surface area contributed by atoms with Crippen LogP contribution in [0.25, 0.3) is 0 Å². The van der Waals surface area contributed by atoms with Crippen LogP contribution in [0.15, 0.2) is 29.4 Å². The summed E-state index contributed by atoms with van der Waals surface area (Å²) in [6.07, 6.45) is 1.67. The highest BCUT2D eigenvalue weighted by atomic mass is 15.3. The van der Waals surface area contributed by atoms with E-state index in [1.54, 1.807) is 6.21 Å². The van der Waals surface area contributed by atoms with Crippen molar-refractivity contribution >= 4 is 6.21 Å². The topological polar surface area (TPSA) is 44.9 Å². The van der Waals surface area contributed by atoms with Crippen molar-refractivity contribution in [3.8, 4) is 0 Å². The molecular weight excluding hydrogens is 224 g/mol. The Morgan fingerprint density at radius 3 is 2.28 bits per heavy atom. The van der Waals surface area contributed by atoms with Crippen molar-refractivity contribution in [3.05, 3.63) is 35.4 Å². The van der Waals surface area contributed by atoms with Crippen molar-refractivity contribution < 1.29 is 0 Å². The number of piperazine rings is 1. The van der Waals surface area contributed by atoms with Crippen LogP contribution >= 0.6 is 0 Å². The molecule has 1 saturated heterocycles. The lowest BCUT2D eigenvalue weighted by Gasteiger charge is -2.34. The van der Waals surface area contributed by atoms with Gasteiger partial charge in [0.2, 0.25) is 0 Å². The summed E-state index contributed by atoms with van der Waals surface area (Å²) in [6.45, 7) is 9.15. The van der Waals surface area contributed by atoms with Crippen molar-refractivity contribution in [2.75, 3.05) is 32.7 Å². The molecule has 0 bridgehead atoms. The van der Waals surface area contributed by atoms with Gasteiger partial charge in [0.05, 0.1) is 6.21 Å². The van der Waals surface area contributed by atoms with Gasteiger partial charge < -0.3 is 10.7 Å². The highest BCUT2D eigenvalue weighted by Crippen LogP contribution is 2.09. The summed E-state index contributed by atoms with van der Waals surface area (Å²) in [5.74, 6) is 5.13. The van der Waals surface area contributed by atoms with E-state index in [-0.39, 0.29) is 0 Å². The van der Waals surface area contributed by atoms with Gasteiger partial charge >= 0.3 is 0 Å². The van der Waals surface area contributed by atoms with Crippen molar-refractivity contribution in [3.63, 3.8) is 0 Å². The average molecular weight is 246 g/mol. The molecule has 4 nitrogen and oxygen atoms in total. The number of nitrogens with two attached hydrogens (primary N) is 1. The maximum atomic E-state index is 5.13. The molecule has 98 valence electrons. The van der Waals surface area contributed by atoms with Gasteiger partial charge in [-0.1, -0.05) is 31.2 Å². The van der Waals surface area contributed by atoms with Gasteiger partial charge in [0.25, 0.3) is 0 Å². The molecule has 0 unspecified atom stereocenters. The van der Waals surface area contributed by atoms with Crippen LogP contribution in [0.2, 0.25) is 0 Å². The summed E-state index contributed by atoms with van der Waals surface area (Å²) in [5, 5.41) is 3.53. The van der Waals surface area contributed by atoms with Crippen LogP contribution in [0.1, 0.15) is 18.1 Å². The van der Waals surface area contributed by atoms with Crippen LogP contribution in [0.5, 0.6) is 0 Å². The quantitative estimate of drug-likeness (QED) is 0.492. The third-order valence-electron chi connectivity index (χ3n) is 3.52. The summed E-state index contributed by atoms with van der Waals surface area (Å²) in [7, 11) is 0. The van der Waals surface area contributed by atoms with Crippen LogP contribution in [-0.4, -0.2) is 48.7 Å². The van der Waals surface area contributed by atoms with E-state index in [1.165, 1.54) is 38.3 Å². The van der Waals surface area contributed by atoms with Crippen LogP contribution < -0.4 is 5.84 Å². The Morgan fingerprint density at radius 2 is 1.72 bits per heavy atom. The summed E-state index contributed by atoms with van der Waals surface area (Å²) in [6, 6.07) is 8.44. The van der Waals surface area contributed by atoms with E-state index in [9.17, 15) is 0 Å². The van der Waals surface area contributed by atoms with Gasteiger partial charge in [0.1, 0.15) is 0 Å². The average Bonchev–Trinajstić information content (AvgIpc) is 2.42. The van der Waals surface area contributed by atoms with E-state index in [0.717, 1.165) is 12.1 Å². The number of rotatable bonds is 4. The zero-order valence-electron chi connectivity index (χ0n) is 11.0. The van der Waals surface area contributed by atoms with E-state index in [2.05, 4.69) is 46.1 Å². The number of nitrogens with zero attached hydrogens (tertiary/aromatic N) is 3. The SMILES string of the molecule is CCN1CCN(Cc2ccc(C=NN)cc2)CC1. The first-order valence-electron chi connectivity index (χ1n) is 6.58. The first kappa shape index (κ1) is 13.1. The number of hydrazone groups is 1. The lowest BCUT2D eigenvalue weighted by Crippen LogP contribution is -2.45. The summed E-state index contributed by atoms with van der Waals surface area (Å²) < 4.78 is 0. The molecule has 1 aliphatic rings. The van der Waals surface area contributed by atoms with E-state index < -0.39 is 0 Å². The molecule has 1 fully saturated rings. The predicted molar refractivity (Wildman–Crippen MR) is 75.6 cm³/mol. The molecule has 2 N–H and O–H groups in total. The van der Waals surface area contributed by atoms with Gasteiger partial charge in [-0.3, -0.25) is 4.90 Å². The lowest BCUT2D eigenvalue weighted by molar-refractivity contribution is 0.132. The molecule has 0 aromatic heterocycles. The molecule has 1 aromatic carbocycles. The monoisotopic (exact) mass is 246 g/mol. The summed E-state index contributed by atoms with van der Waals surface area (Å²) in [5.41, 5.74) is 2.41. The van der Waals surface area contributed by atoms with Gasteiger partial charge in [0.15, 0.2) is 0 Å². The number of benzene rings is 1. The Morgan fingerprint density at radius 1 is 1.11 bits per heavy atom. The third kappa shape index (κ3) is 3.55. The molecule has 1 aromatic rings. The first-order valence-corrected chi connectivity index (χ1v) is 6.58. The van der Waals surface area contributed by atoms with Gasteiger partial charge in [-0.15, -0.1) is 0 Å². The summed E-state index contributed by atoms with van der Waals surface area (Å²) in [4.78, 5) is 5.01. The van der Waals surface area contributed by atoms with E-state index in [1.807, 2.05) is 0 Å². The Bertz CT molecular complexity index is 377. The molecular formula is C14H22N4. The molecule has 1 aliphatic heterocycles. The highest BCUT2D eigenvalue weighted by Gasteiger charge is 2.15. The third-order valence-corrected chi connectivity index (χ3v) is 3.52. The van der Waals surface area contributed by atoms with Crippen molar-refractivity contribution in [1.82, 2.24) is 9.80 Å². The molecule has 0 aliphatic carbocycles. The smallest absolute Gasteiger partial charge is 0.0538 e. The highest BCUT2D eigenvalue weighted by molar-refractivity contribution is 5.79.